The third-order valence-corrected chi connectivity index (χ3v) is 3.05. The number of morpholine rings is 1. The number of ether oxygens (including phenoxy) is 2. The van der Waals surface area contributed by atoms with Gasteiger partial charge in [0, 0.05) is 18.7 Å². The molecule has 6 nitrogen and oxygen atoms in total. The number of nitrogens with zero attached hydrogens (tertiary/aromatic N) is 2. The van der Waals surface area contributed by atoms with Crippen LogP contribution in [0.25, 0.3) is 0 Å². The van der Waals surface area contributed by atoms with Gasteiger partial charge in [0.1, 0.15) is 0 Å². The fraction of sp³-hybridized carbons (Fsp3) is 0.462. The number of para-hydroxylation sites is 1. The highest BCUT2D eigenvalue weighted by Crippen LogP contribution is 2.29. The van der Waals surface area contributed by atoms with Crippen LogP contribution in [-0.2, 0) is 11.3 Å². The first kappa shape index (κ1) is 16.8. The molecule has 0 spiro atoms. The highest BCUT2D eigenvalue weighted by molar-refractivity contribution is 14.0. The topological polar surface area (TPSA) is 80.3 Å². The molecule has 1 aliphatic rings. The van der Waals surface area contributed by atoms with Crippen molar-refractivity contribution in [2.45, 2.75) is 6.54 Å². The molecule has 1 aliphatic heterocycles. The summed E-state index contributed by atoms with van der Waals surface area (Å²) >= 11 is 0. The summed E-state index contributed by atoms with van der Waals surface area (Å²) in [5.74, 6) is 1.03. The Hall–Kier alpha value is -1.22. The molecule has 0 aromatic heterocycles. The van der Waals surface area contributed by atoms with Gasteiger partial charge < -0.3 is 25.2 Å². The lowest BCUT2D eigenvalue weighted by atomic mass is 10.2. The molecule has 1 aromatic rings. The molecule has 0 bridgehead atoms. The Kier molecular flexibility index (Phi) is 6.86. The summed E-state index contributed by atoms with van der Waals surface area (Å²) in [6.45, 7) is 3.16. The van der Waals surface area contributed by atoms with E-state index < -0.39 is 0 Å². The van der Waals surface area contributed by atoms with Crippen molar-refractivity contribution in [3.05, 3.63) is 23.8 Å². The lowest BCUT2D eigenvalue weighted by Crippen LogP contribution is -2.44. The number of phenols is 1. The van der Waals surface area contributed by atoms with Gasteiger partial charge in [-0.25, -0.2) is 4.99 Å². The number of guanidine groups is 1. The van der Waals surface area contributed by atoms with E-state index in [1.54, 1.807) is 12.1 Å². The van der Waals surface area contributed by atoms with Crippen LogP contribution in [0.5, 0.6) is 11.5 Å². The van der Waals surface area contributed by atoms with E-state index in [4.69, 9.17) is 15.2 Å². The fourth-order valence-electron chi connectivity index (χ4n) is 1.92. The molecule has 7 heteroatoms. The summed E-state index contributed by atoms with van der Waals surface area (Å²) in [6.07, 6.45) is 0. The fourth-order valence-corrected chi connectivity index (χ4v) is 1.92. The second-order valence-electron chi connectivity index (χ2n) is 4.24. The van der Waals surface area contributed by atoms with Gasteiger partial charge >= 0.3 is 0 Å². The molecule has 112 valence electrons. The SMILES string of the molecule is COc1cccc(CN=C(N)N2CCOCC2)c1O.I. The zero-order chi connectivity index (χ0) is 13.7. The van der Waals surface area contributed by atoms with Crippen molar-refractivity contribution in [1.29, 1.82) is 0 Å². The highest BCUT2D eigenvalue weighted by atomic mass is 127. The summed E-state index contributed by atoms with van der Waals surface area (Å²) in [7, 11) is 1.52. The Bertz CT molecular complexity index is 462. The van der Waals surface area contributed by atoms with Crippen LogP contribution in [0.2, 0.25) is 0 Å². The van der Waals surface area contributed by atoms with Gasteiger partial charge in [0.15, 0.2) is 17.5 Å². The zero-order valence-corrected chi connectivity index (χ0v) is 13.7. The van der Waals surface area contributed by atoms with E-state index in [0.717, 1.165) is 13.1 Å². The first-order valence-electron chi connectivity index (χ1n) is 6.20. The number of hydrogen-bond acceptors (Lipinski definition) is 4. The normalized spacial score (nSPS) is 15.7. The molecule has 0 amide bonds. The summed E-state index contributed by atoms with van der Waals surface area (Å²) in [6, 6.07) is 5.32. The van der Waals surface area contributed by atoms with Gasteiger partial charge in [-0.1, -0.05) is 12.1 Å². The third kappa shape index (κ3) is 4.14. The molecule has 1 heterocycles. The minimum absolute atomic E-state index is 0. The third-order valence-electron chi connectivity index (χ3n) is 3.05. The molecule has 0 atom stereocenters. The molecule has 1 saturated heterocycles. The smallest absolute Gasteiger partial charge is 0.191 e. The van der Waals surface area contributed by atoms with Gasteiger partial charge in [-0.2, -0.15) is 0 Å². The number of aromatic hydroxyl groups is 1. The lowest BCUT2D eigenvalue weighted by Gasteiger charge is -2.27. The van der Waals surface area contributed by atoms with Crippen molar-refractivity contribution < 1.29 is 14.6 Å². The van der Waals surface area contributed by atoms with Gasteiger partial charge in [0.2, 0.25) is 0 Å². The van der Waals surface area contributed by atoms with Crippen molar-refractivity contribution in [1.82, 2.24) is 4.90 Å². The van der Waals surface area contributed by atoms with Crippen molar-refractivity contribution in [2.24, 2.45) is 10.7 Å². The average molecular weight is 393 g/mol. The lowest BCUT2D eigenvalue weighted by molar-refractivity contribution is 0.0674. The number of nitrogens with two attached hydrogens (primary N) is 1. The van der Waals surface area contributed by atoms with Gasteiger partial charge in [0.05, 0.1) is 26.9 Å². The number of halogens is 1. The van der Waals surface area contributed by atoms with Crippen molar-refractivity contribution in [3.8, 4) is 11.5 Å². The van der Waals surface area contributed by atoms with Gasteiger partial charge in [0.25, 0.3) is 0 Å². The van der Waals surface area contributed by atoms with E-state index in [2.05, 4.69) is 4.99 Å². The van der Waals surface area contributed by atoms with Gasteiger partial charge in [-0.15, -0.1) is 24.0 Å². The maximum atomic E-state index is 9.94. The van der Waals surface area contributed by atoms with E-state index in [-0.39, 0.29) is 29.7 Å². The molecule has 0 radical (unpaired) electrons. The zero-order valence-electron chi connectivity index (χ0n) is 11.4. The quantitative estimate of drug-likeness (QED) is 0.458. The first-order chi connectivity index (χ1) is 9.22. The minimum atomic E-state index is 0. The maximum Gasteiger partial charge on any atom is 0.191 e. The van der Waals surface area contributed by atoms with Gasteiger partial charge in [-0.05, 0) is 6.07 Å². The molecule has 20 heavy (non-hydrogen) atoms. The van der Waals surface area contributed by atoms with E-state index >= 15 is 0 Å². The molecule has 2 rings (SSSR count). The van der Waals surface area contributed by atoms with Crippen LogP contribution >= 0.6 is 24.0 Å². The largest absolute Gasteiger partial charge is 0.504 e. The van der Waals surface area contributed by atoms with Crippen LogP contribution < -0.4 is 10.5 Å². The molecular weight excluding hydrogens is 373 g/mol. The Balaban J connectivity index is 0.00000200. The number of hydrogen-bond donors (Lipinski definition) is 2. The predicted molar refractivity (Wildman–Crippen MR) is 87.8 cm³/mol. The van der Waals surface area contributed by atoms with Crippen LogP contribution in [0.4, 0.5) is 0 Å². The summed E-state index contributed by atoms with van der Waals surface area (Å²) in [4.78, 5) is 6.28. The number of methoxy groups -OCH3 is 1. The second-order valence-corrected chi connectivity index (χ2v) is 4.24. The number of aliphatic imine (C=N–C) groups is 1. The molecule has 0 aliphatic carbocycles. The van der Waals surface area contributed by atoms with E-state index in [1.807, 2.05) is 11.0 Å². The Morgan fingerprint density at radius 2 is 2.15 bits per heavy atom. The highest BCUT2D eigenvalue weighted by Gasteiger charge is 2.12. The molecule has 3 N–H and O–H groups in total. The van der Waals surface area contributed by atoms with E-state index in [1.165, 1.54) is 7.11 Å². The Morgan fingerprint density at radius 3 is 2.80 bits per heavy atom. The maximum absolute atomic E-state index is 9.94. The average Bonchev–Trinajstić information content (AvgIpc) is 2.47. The minimum Gasteiger partial charge on any atom is -0.504 e. The number of benzene rings is 1. The number of rotatable bonds is 3. The molecule has 1 aromatic carbocycles. The summed E-state index contributed by atoms with van der Waals surface area (Å²) < 4.78 is 10.3. The standard InChI is InChI=1S/C13H19N3O3.HI/c1-18-11-4-2-3-10(12(11)17)9-15-13(14)16-5-7-19-8-6-16;/h2-4,17H,5-9H2,1H3,(H2,14,15);1H. The molecular formula is C13H20IN3O3. The van der Waals surface area contributed by atoms with Crippen LogP contribution in [-0.4, -0.2) is 49.4 Å². The second kappa shape index (κ2) is 8.15. The van der Waals surface area contributed by atoms with Crippen LogP contribution in [0.15, 0.2) is 23.2 Å². The van der Waals surface area contributed by atoms with E-state index in [0.29, 0.717) is 37.0 Å². The van der Waals surface area contributed by atoms with Crippen LogP contribution in [0.3, 0.4) is 0 Å². The summed E-state index contributed by atoms with van der Waals surface area (Å²) in [5.41, 5.74) is 6.61. The van der Waals surface area contributed by atoms with Crippen molar-refractivity contribution in [3.63, 3.8) is 0 Å². The Morgan fingerprint density at radius 1 is 1.45 bits per heavy atom. The van der Waals surface area contributed by atoms with Gasteiger partial charge in [-0.3, -0.25) is 0 Å². The predicted octanol–water partition coefficient (Wildman–Crippen LogP) is 1.17. The Labute approximate surface area is 135 Å². The number of phenolic OH excluding ortho intramolecular Hbond substituents is 1. The molecule has 1 fully saturated rings. The monoisotopic (exact) mass is 393 g/mol. The summed E-state index contributed by atoms with van der Waals surface area (Å²) in [5, 5.41) is 9.94. The van der Waals surface area contributed by atoms with Crippen LogP contribution in [0.1, 0.15) is 5.56 Å². The molecule has 0 unspecified atom stereocenters. The van der Waals surface area contributed by atoms with Crippen LogP contribution in [0, 0.1) is 0 Å². The van der Waals surface area contributed by atoms with Crippen molar-refractivity contribution >= 4 is 29.9 Å². The van der Waals surface area contributed by atoms with Crippen molar-refractivity contribution in [2.75, 3.05) is 33.4 Å². The first-order valence-corrected chi connectivity index (χ1v) is 6.20. The van der Waals surface area contributed by atoms with E-state index in [9.17, 15) is 5.11 Å². The molecule has 0 saturated carbocycles.